The van der Waals surface area contributed by atoms with Crippen LogP contribution in [0, 0.1) is 6.92 Å². The Bertz CT molecular complexity index is 1000. The van der Waals surface area contributed by atoms with Crippen LogP contribution in [0.25, 0.3) is 11.0 Å². The molecule has 2 heterocycles. The van der Waals surface area contributed by atoms with Crippen LogP contribution in [0.5, 0.6) is 0 Å². The lowest BCUT2D eigenvalue weighted by Gasteiger charge is -2.31. The van der Waals surface area contributed by atoms with Crippen molar-refractivity contribution in [1.29, 1.82) is 0 Å². The number of fused-ring (bicyclic) bond motifs is 2. The van der Waals surface area contributed by atoms with Crippen molar-refractivity contribution in [3.63, 3.8) is 0 Å². The van der Waals surface area contributed by atoms with Crippen molar-refractivity contribution in [1.82, 2.24) is 24.6 Å². The monoisotopic (exact) mass is 367 g/mol. The molecule has 1 aliphatic carbocycles. The standard InChI is InChI=1S/C20H25N5O2/c1-4-25-17-8-6-13(10-14(17)19(23-25)20(26)27)24(3)11-18-21-15-7-5-12(2)9-16(15)22-18/h5,7,9,13H,4,6,8,10-11H2,1-3H3,(H,21,22)(H,26,27). The molecule has 0 fully saturated rings. The number of H-pyrrole nitrogens is 1. The van der Waals surface area contributed by atoms with Gasteiger partial charge in [0.2, 0.25) is 0 Å². The molecule has 7 nitrogen and oxygen atoms in total. The molecule has 0 saturated heterocycles. The summed E-state index contributed by atoms with van der Waals surface area (Å²) < 4.78 is 1.84. The Labute approximate surface area is 158 Å². The van der Waals surface area contributed by atoms with Crippen LogP contribution in [0.2, 0.25) is 0 Å². The van der Waals surface area contributed by atoms with Crippen molar-refractivity contribution in [2.24, 2.45) is 0 Å². The number of carboxylic acids is 1. The first kappa shape index (κ1) is 17.7. The van der Waals surface area contributed by atoms with Crippen LogP contribution in [0.15, 0.2) is 18.2 Å². The summed E-state index contributed by atoms with van der Waals surface area (Å²) in [5.41, 5.74) is 5.43. The van der Waals surface area contributed by atoms with Gasteiger partial charge in [0.1, 0.15) is 5.82 Å². The molecule has 1 aliphatic rings. The second kappa shape index (κ2) is 6.81. The third-order valence-corrected chi connectivity index (χ3v) is 5.53. The molecule has 0 aliphatic heterocycles. The smallest absolute Gasteiger partial charge is 0.356 e. The molecule has 1 unspecified atom stereocenters. The molecule has 7 heteroatoms. The Morgan fingerprint density at radius 1 is 1.44 bits per heavy atom. The van der Waals surface area contributed by atoms with Gasteiger partial charge in [0.05, 0.1) is 17.6 Å². The van der Waals surface area contributed by atoms with Crippen LogP contribution >= 0.6 is 0 Å². The molecule has 1 atom stereocenters. The predicted octanol–water partition coefficient (Wildman–Crippen LogP) is 2.78. The van der Waals surface area contributed by atoms with Crippen molar-refractivity contribution >= 4 is 17.0 Å². The van der Waals surface area contributed by atoms with Crippen molar-refractivity contribution < 1.29 is 9.90 Å². The van der Waals surface area contributed by atoms with Crippen LogP contribution in [0.3, 0.4) is 0 Å². The predicted molar refractivity (Wildman–Crippen MR) is 103 cm³/mol. The third-order valence-electron chi connectivity index (χ3n) is 5.53. The van der Waals surface area contributed by atoms with Crippen LogP contribution in [-0.2, 0) is 25.9 Å². The maximum Gasteiger partial charge on any atom is 0.356 e. The molecule has 1 aromatic carbocycles. The van der Waals surface area contributed by atoms with Crippen LogP contribution in [-0.4, -0.2) is 48.8 Å². The second-order valence-corrected chi connectivity index (χ2v) is 7.41. The van der Waals surface area contributed by atoms with E-state index in [0.717, 1.165) is 41.0 Å². The van der Waals surface area contributed by atoms with E-state index >= 15 is 0 Å². The highest BCUT2D eigenvalue weighted by Crippen LogP contribution is 2.28. The molecule has 0 radical (unpaired) electrons. The van der Waals surface area contributed by atoms with Gasteiger partial charge in [-0.2, -0.15) is 5.10 Å². The number of carboxylic acid groups (broad SMARTS) is 1. The van der Waals surface area contributed by atoms with E-state index in [1.807, 2.05) is 17.7 Å². The molecular formula is C20H25N5O2. The van der Waals surface area contributed by atoms with Crippen LogP contribution in [0.1, 0.15) is 46.5 Å². The summed E-state index contributed by atoms with van der Waals surface area (Å²) in [6, 6.07) is 6.49. The summed E-state index contributed by atoms with van der Waals surface area (Å²) >= 11 is 0. The van der Waals surface area contributed by atoms with E-state index in [9.17, 15) is 9.90 Å². The van der Waals surface area contributed by atoms with E-state index in [2.05, 4.69) is 46.1 Å². The summed E-state index contributed by atoms with van der Waals surface area (Å²) in [7, 11) is 2.08. The zero-order valence-corrected chi connectivity index (χ0v) is 16.0. The zero-order valence-electron chi connectivity index (χ0n) is 16.0. The number of aromatic amines is 1. The lowest BCUT2D eigenvalue weighted by molar-refractivity contribution is 0.0687. The van der Waals surface area contributed by atoms with Crippen molar-refractivity contribution in [2.75, 3.05) is 7.05 Å². The summed E-state index contributed by atoms with van der Waals surface area (Å²) in [5, 5.41) is 13.8. The maximum atomic E-state index is 11.6. The number of nitrogens with one attached hydrogen (secondary N) is 1. The number of aromatic carboxylic acids is 1. The van der Waals surface area contributed by atoms with Gasteiger partial charge in [-0.25, -0.2) is 9.78 Å². The lowest BCUT2D eigenvalue weighted by Crippen LogP contribution is -2.36. The number of nitrogens with zero attached hydrogens (tertiary/aromatic N) is 4. The third kappa shape index (κ3) is 3.23. The molecule has 27 heavy (non-hydrogen) atoms. The van der Waals surface area contributed by atoms with Crippen molar-refractivity contribution in [3.05, 3.63) is 46.5 Å². The molecule has 3 aromatic rings. The molecule has 0 amide bonds. The van der Waals surface area contributed by atoms with Gasteiger partial charge in [-0.05, 0) is 57.9 Å². The molecule has 0 bridgehead atoms. The van der Waals surface area contributed by atoms with E-state index in [1.165, 1.54) is 5.56 Å². The Balaban J connectivity index is 1.54. The molecular weight excluding hydrogens is 342 g/mol. The Morgan fingerprint density at radius 3 is 3.00 bits per heavy atom. The molecule has 2 N–H and O–H groups in total. The molecule has 0 saturated carbocycles. The Kier molecular flexibility index (Phi) is 4.47. The highest BCUT2D eigenvalue weighted by molar-refractivity contribution is 5.87. The number of benzene rings is 1. The second-order valence-electron chi connectivity index (χ2n) is 7.41. The summed E-state index contributed by atoms with van der Waals surface area (Å²) in [5.74, 6) is 0.000940. The number of aryl methyl sites for hydroxylation is 2. The first-order chi connectivity index (χ1) is 13.0. The first-order valence-electron chi connectivity index (χ1n) is 9.43. The summed E-state index contributed by atoms with van der Waals surface area (Å²) in [6.07, 6.45) is 2.57. The quantitative estimate of drug-likeness (QED) is 0.724. The average Bonchev–Trinajstić information content (AvgIpc) is 3.21. The fraction of sp³-hybridized carbons (Fsp3) is 0.450. The summed E-state index contributed by atoms with van der Waals surface area (Å²) in [4.78, 5) is 22.0. The normalized spacial score (nSPS) is 16.8. The number of carbonyl (C=O) groups is 1. The number of likely N-dealkylation sites (N-methyl/N-ethyl adjacent to an activating group) is 1. The van der Waals surface area contributed by atoms with Gasteiger partial charge >= 0.3 is 5.97 Å². The van der Waals surface area contributed by atoms with Gasteiger partial charge in [-0.1, -0.05) is 6.07 Å². The van der Waals surface area contributed by atoms with Gasteiger partial charge in [0.25, 0.3) is 0 Å². The topological polar surface area (TPSA) is 87.0 Å². The SMILES string of the molecule is CCn1nc(C(=O)O)c2c1CCC(N(C)Cc1nc3ccc(C)cc3[nH]1)C2. The fourth-order valence-electron chi connectivity index (χ4n) is 4.10. The number of hydrogen-bond donors (Lipinski definition) is 2. The van der Waals surface area contributed by atoms with Crippen LogP contribution in [0.4, 0.5) is 0 Å². The average molecular weight is 367 g/mol. The Morgan fingerprint density at radius 2 is 2.26 bits per heavy atom. The van der Waals surface area contributed by atoms with Crippen LogP contribution < -0.4 is 0 Å². The van der Waals surface area contributed by atoms with Gasteiger partial charge in [-0.3, -0.25) is 9.58 Å². The van der Waals surface area contributed by atoms with Gasteiger partial charge < -0.3 is 10.1 Å². The number of hydrogen-bond acceptors (Lipinski definition) is 4. The maximum absolute atomic E-state index is 11.6. The minimum absolute atomic E-state index is 0.212. The van der Waals surface area contributed by atoms with Gasteiger partial charge in [0.15, 0.2) is 5.69 Å². The number of imidazole rings is 1. The minimum atomic E-state index is -0.936. The molecule has 142 valence electrons. The minimum Gasteiger partial charge on any atom is -0.476 e. The largest absolute Gasteiger partial charge is 0.476 e. The van der Waals surface area contributed by atoms with E-state index in [-0.39, 0.29) is 11.7 Å². The number of rotatable bonds is 5. The van der Waals surface area contributed by atoms with E-state index in [1.54, 1.807) is 0 Å². The molecule has 4 rings (SSSR count). The lowest BCUT2D eigenvalue weighted by atomic mass is 9.90. The summed E-state index contributed by atoms with van der Waals surface area (Å²) in [6.45, 7) is 5.48. The van der Waals surface area contributed by atoms with Gasteiger partial charge in [-0.15, -0.1) is 0 Å². The Hall–Kier alpha value is -2.67. The zero-order chi connectivity index (χ0) is 19.1. The highest BCUT2D eigenvalue weighted by Gasteiger charge is 2.30. The number of aromatic nitrogens is 4. The van der Waals surface area contributed by atoms with E-state index in [4.69, 9.17) is 0 Å². The van der Waals surface area contributed by atoms with Gasteiger partial charge in [0, 0.05) is 23.8 Å². The molecule has 0 spiro atoms. The first-order valence-corrected chi connectivity index (χ1v) is 9.43. The molecule has 2 aromatic heterocycles. The van der Waals surface area contributed by atoms with Crippen molar-refractivity contribution in [3.8, 4) is 0 Å². The van der Waals surface area contributed by atoms with E-state index < -0.39 is 5.97 Å². The fourth-order valence-corrected chi connectivity index (χ4v) is 4.10. The van der Waals surface area contributed by atoms with Crippen molar-refractivity contribution in [2.45, 2.75) is 52.2 Å². The van der Waals surface area contributed by atoms with E-state index in [0.29, 0.717) is 19.5 Å². The highest BCUT2D eigenvalue weighted by atomic mass is 16.4.